The lowest BCUT2D eigenvalue weighted by molar-refractivity contribution is -0.131. The number of rotatable bonds is 5. The molecule has 116 valence electrons. The summed E-state index contributed by atoms with van der Waals surface area (Å²) in [7, 11) is 0. The van der Waals surface area contributed by atoms with Gasteiger partial charge in [0.25, 0.3) is 0 Å². The SMILES string of the molecule is CCCNC1CCN(C(=O)Cc2ccc(F)c(F)c2)CC1. The largest absolute Gasteiger partial charge is 0.342 e. The van der Waals surface area contributed by atoms with Crippen molar-refractivity contribution < 1.29 is 13.6 Å². The zero-order chi connectivity index (χ0) is 15.2. The quantitative estimate of drug-likeness (QED) is 0.905. The van der Waals surface area contributed by atoms with Gasteiger partial charge in [-0.2, -0.15) is 0 Å². The fourth-order valence-electron chi connectivity index (χ4n) is 2.62. The zero-order valence-corrected chi connectivity index (χ0v) is 12.4. The number of hydrogen-bond acceptors (Lipinski definition) is 2. The Hall–Kier alpha value is -1.49. The average molecular weight is 296 g/mol. The Morgan fingerprint density at radius 1 is 1.29 bits per heavy atom. The minimum atomic E-state index is -0.900. The number of benzene rings is 1. The first kappa shape index (κ1) is 15.9. The van der Waals surface area contributed by atoms with E-state index in [1.54, 1.807) is 0 Å². The maximum absolute atomic E-state index is 13.1. The van der Waals surface area contributed by atoms with Gasteiger partial charge in [-0.15, -0.1) is 0 Å². The second kappa shape index (κ2) is 7.50. The van der Waals surface area contributed by atoms with Crippen LogP contribution in [0.4, 0.5) is 8.78 Å². The Morgan fingerprint density at radius 2 is 2.00 bits per heavy atom. The van der Waals surface area contributed by atoms with E-state index in [4.69, 9.17) is 0 Å². The van der Waals surface area contributed by atoms with Crippen molar-refractivity contribution >= 4 is 5.91 Å². The molecule has 1 aliphatic rings. The lowest BCUT2D eigenvalue weighted by Gasteiger charge is -2.32. The van der Waals surface area contributed by atoms with E-state index in [1.807, 2.05) is 4.90 Å². The first-order valence-electron chi connectivity index (χ1n) is 7.55. The van der Waals surface area contributed by atoms with Gasteiger partial charge < -0.3 is 10.2 Å². The minimum absolute atomic E-state index is 0.0186. The Morgan fingerprint density at radius 3 is 2.62 bits per heavy atom. The van der Waals surface area contributed by atoms with Gasteiger partial charge >= 0.3 is 0 Å². The van der Waals surface area contributed by atoms with E-state index in [2.05, 4.69) is 12.2 Å². The third-order valence-corrected chi connectivity index (χ3v) is 3.87. The lowest BCUT2D eigenvalue weighted by atomic mass is 10.0. The van der Waals surface area contributed by atoms with Crippen molar-refractivity contribution in [1.82, 2.24) is 10.2 Å². The van der Waals surface area contributed by atoms with E-state index in [0.717, 1.165) is 51.0 Å². The highest BCUT2D eigenvalue weighted by molar-refractivity contribution is 5.78. The van der Waals surface area contributed by atoms with E-state index in [0.29, 0.717) is 11.6 Å². The summed E-state index contributed by atoms with van der Waals surface area (Å²) in [5.41, 5.74) is 0.519. The summed E-state index contributed by atoms with van der Waals surface area (Å²) >= 11 is 0. The molecule has 1 aromatic rings. The predicted molar refractivity (Wildman–Crippen MR) is 78.0 cm³/mol. The van der Waals surface area contributed by atoms with Crippen LogP contribution >= 0.6 is 0 Å². The van der Waals surface area contributed by atoms with E-state index in [1.165, 1.54) is 6.07 Å². The molecule has 1 saturated heterocycles. The normalized spacial score (nSPS) is 16.2. The second-order valence-electron chi connectivity index (χ2n) is 5.53. The van der Waals surface area contributed by atoms with Crippen LogP contribution in [-0.2, 0) is 11.2 Å². The first-order valence-corrected chi connectivity index (χ1v) is 7.55. The van der Waals surface area contributed by atoms with Crippen molar-refractivity contribution in [3.63, 3.8) is 0 Å². The van der Waals surface area contributed by atoms with Crippen molar-refractivity contribution in [2.45, 2.75) is 38.6 Å². The highest BCUT2D eigenvalue weighted by atomic mass is 19.2. The monoisotopic (exact) mass is 296 g/mol. The molecule has 1 heterocycles. The van der Waals surface area contributed by atoms with Crippen LogP contribution in [0.2, 0.25) is 0 Å². The molecule has 0 unspecified atom stereocenters. The molecule has 0 atom stereocenters. The third-order valence-electron chi connectivity index (χ3n) is 3.87. The number of halogens is 2. The highest BCUT2D eigenvalue weighted by Gasteiger charge is 2.22. The summed E-state index contributed by atoms with van der Waals surface area (Å²) in [5.74, 6) is -1.80. The Kier molecular flexibility index (Phi) is 5.67. The number of carbonyl (C=O) groups is 1. The van der Waals surface area contributed by atoms with Gasteiger partial charge in [-0.05, 0) is 43.5 Å². The van der Waals surface area contributed by atoms with Crippen molar-refractivity contribution in [2.75, 3.05) is 19.6 Å². The van der Waals surface area contributed by atoms with Crippen molar-refractivity contribution in [1.29, 1.82) is 0 Å². The number of likely N-dealkylation sites (tertiary alicyclic amines) is 1. The smallest absolute Gasteiger partial charge is 0.226 e. The topological polar surface area (TPSA) is 32.3 Å². The maximum Gasteiger partial charge on any atom is 0.226 e. The molecule has 0 bridgehead atoms. The molecule has 5 heteroatoms. The van der Waals surface area contributed by atoms with Gasteiger partial charge in [-0.1, -0.05) is 13.0 Å². The average Bonchev–Trinajstić information content (AvgIpc) is 2.49. The number of nitrogens with one attached hydrogen (secondary N) is 1. The summed E-state index contributed by atoms with van der Waals surface area (Å²) in [6.45, 7) is 4.59. The van der Waals surface area contributed by atoms with Crippen LogP contribution in [0.15, 0.2) is 18.2 Å². The molecule has 0 aliphatic carbocycles. The van der Waals surface area contributed by atoms with Gasteiger partial charge in [0.05, 0.1) is 6.42 Å². The fourth-order valence-corrected chi connectivity index (χ4v) is 2.62. The molecule has 2 rings (SSSR count). The van der Waals surface area contributed by atoms with Crippen LogP contribution in [0, 0.1) is 11.6 Å². The van der Waals surface area contributed by atoms with Crippen LogP contribution < -0.4 is 5.32 Å². The van der Waals surface area contributed by atoms with Crippen LogP contribution in [0.25, 0.3) is 0 Å². The van der Waals surface area contributed by atoms with Crippen LogP contribution in [0.1, 0.15) is 31.7 Å². The minimum Gasteiger partial charge on any atom is -0.342 e. The zero-order valence-electron chi connectivity index (χ0n) is 12.4. The number of carbonyl (C=O) groups excluding carboxylic acids is 1. The number of piperidine rings is 1. The second-order valence-corrected chi connectivity index (χ2v) is 5.53. The summed E-state index contributed by atoms with van der Waals surface area (Å²) in [6, 6.07) is 4.12. The molecule has 1 amide bonds. The fraction of sp³-hybridized carbons (Fsp3) is 0.562. The van der Waals surface area contributed by atoms with E-state index in [9.17, 15) is 13.6 Å². The van der Waals surface area contributed by atoms with Crippen molar-refractivity contribution in [2.24, 2.45) is 0 Å². The number of hydrogen-bond donors (Lipinski definition) is 1. The van der Waals surface area contributed by atoms with Crippen LogP contribution in [-0.4, -0.2) is 36.5 Å². The van der Waals surface area contributed by atoms with E-state index in [-0.39, 0.29) is 12.3 Å². The molecule has 0 aromatic heterocycles. The molecule has 1 aromatic carbocycles. The molecular weight excluding hydrogens is 274 g/mol. The van der Waals surface area contributed by atoms with Crippen LogP contribution in [0.5, 0.6) is 0 Å². The van der Waals surface area contributed by atoms with Crippen molar-refractivity contribution in [3.05, 3.63) is 35.4 Å². The summed E-state index contributed by atoms with van der Waals surface area (Å²) < 4.78 is 26.0. The number of nitrogens with zero attached hydrogens (tertiary/aromatic N) is 1. The van der Waals surface area contributed by atoms with Gasteiger partial charge in [-0.25, -0.2) is 8.78 Å². The third kappa shape index (κ3) is 4.49. The van der Waals surface area contributed by atoms with E-state index < -0.39 is 11.6 Å². The molecule has 1 aliphatic heterocycles. The van der Waals surface area contributed by atoms with Crippen LogP contribution in [0.3, 0.4) is 0 Å². The molecule has 3 nitrogen and oxygen atoms in total. The van der Waals surface area contributed by atoms with Crippen molar-refractivity contribution in [3.8, 4) is 0 Å². The predicted octanol–water partition coefficient (Wildman–Crippen LogP) is 2.50. The number of amides is 1. The molecule has 0 spiro atoms. The first-order chi connectivity index (χ1) is 10.1. The summed E-state index contributed by atoms with van der Waals surface area (Å²) in [6.07, 6.45) is 3.13. The Bertz CT molecular complexity index is 485. The van der Waals surface area contributed by atoms with Gasteiger partial charge in [-0.3, -0.25) is 4.79 Å². The highest BCUT2D eigenvalue weighted by Crippen LogP contribution is 2.14. The standard InChI is InChI=1S/C16H22F2N2O/c1-2-7-19-13-5-8-20(9-6-13)16(21)11-12-3-4-14(17)15(18)10-12/h3-4,10,13,19H,2,5-9,11H2,1H3. The molecular formula is C16H22F2N2O. The van der Waals surface area contributed by atoms with Gasteiger partial charge in [0.1, 0.15) is 0 Å². The molecule has 1 fully saturated rings. The molecule has 0 radical (unpaired) electrons. The van der Waals surface area contributed by atoms with Gasteiger partial charge in [0, 0.05) is 19.1 Å². The molecule has 1 N–H and O–H groups in total. The Balaban J connectivity index is 1.83. The summed E-state index contributed by atoms with van der Waals surface area (Å²) in [5, 5.41) is 3.46. The Labute approximate surface area is 124 Å². The van der Waals surface area contributed by atoms with Gasteiger partial charge in [0.2, 0.25) is 5.91 Å². The molecule has 0 saturated carbocycles. The lowest BCUT2D eigenvalue weighted by Crippen LogP contribution is -2.45. The van der Waals surface area contributed by atoms with Gasteiger partial charge in [0.15, 0.2) is 11.6 Å². The van der Waals surface area contributed by atoms with E-state index >= 15 is 0 Å². The summed E-state index contributed by atoms with van der Waals surface area (Å²) in [4.78, 5) is 14.0. The molecule has 21 heavy (non-hydrogen) atoms. The maximum atomic E-state index is 13.1.